The Kier molecular flexibility index (Phi) is 5.41. The second-order valence-electron chi connectivity index (χ2n) is 12.1. The van der Waals surface area contributed by atoms with E-state index in [9.17, 15) is 9.59 Å². The smallest absolute Gasteiger partial charge is 0.227 e. The van der Waals surface area contributed by atoms with Crippen LogP contribution in [-0.2, 0) is 38.3 Å². The van der Waals surface area contributed by atoms with Crippen LogP contribution in [0.4, 0.5) is 0 Å². The van der Waals surface area contributed by atoms with Crippen LogP contribution in [0.15, 0.2) is 36.4 Å². The third-order valence-corrected chi connectivity index (χ3v) is 14.0. The van der Waals surface area contributed by atoms with Crippen molar-refractivity contribution >= 4 is 79.8 Å². The lowest BCUT2D eigenvalue weighted by Crippen LogP contribution is -2.57. The highest BCUT2D eigenvalue weighted by molar-refractivity contribution is 6.66. The Balaban J connectivity index is 1.38. The molecule has 0 amide bonds. The summed E-state index contributed by atoms with van der Waals surface area (Å²) < 4.78 is 23.9. The van der Waals surface area contributed by atoms with Gasteiger partial charge in [-0.25, -0.2) is 9.97 Å². The maximum absolute atomic E-state index is 13.5. The molecule has 3 aromatic rings. The number of benzene rings is 2. The molecule has 8 nitrogen and oxygen atoms in total. The van der Waals surface area contributed by atoms with Gasteiger partial charge in [-0.3, -0.25) is 9.59 Å². The summed E-state index contributed by atoms with van der Waals surface area (Å²) in [5.74, 6) is -7.22. The summed E-state index contributed by atoms with van der Waals surface area (Å²) in [6.07, 6.45) is 0.536. The van der Waals surface area contributed by atoms with E-state index >= 15 is 0 Å². The van der Waals surface area contributed by atoms with E-state index < -0.39 is 66.3 Å². The fourth-order valence-corrected chi connectivity index (χ4v) is 12.4. The molecule has 0 saturated heterocycles. The molecule has 0 spiro atoms. The number of carbonyl (C=O) groups is 2. The van der Waals surface area contributed by atoms with Crippen LogP contribution >= 0.6 is 46.4 Å². The average Bonchev–Trinajstić information content (AvgIpc) is 3.42. The Morgan fingerprint density at radius 2 is 0.952 bits per heavy atom. The molecule has 4 bridgehead atoms. The molecular weight excluding hydrogens is 626 g/mol. The number of ether oxygens (including phenoxy) is 4. The Morgan fingerprint density at radius 1 is 0.619 bits per heavy atom. The van der Waals surface area contributed by atoms with E-state index in [1.54, 1.807) is 0 Å². The lowest BCUT2D eigenvalue weighted by Gasteiger charge is -2.48. The Morgan fingerprint density at radius 3 is 1.31 bits per heavy atom. The summed E-state index contributed by atoms with van der Waals surface area (Å²) >= 11 is 30.0. The first-order valence-corrected chi connectivity index (χ1v) is 15.2. The highest BCUT2D eigenvalue weighted by Crippen LogP contribution is 2.82. The molecule has 4 saturated carbocycles. The van der Waals surface area contributed by atoms with Crippen molar-refractivity contribution in [3.63, 3.8) is 0 Å². The number of nitrogens with zero attached hydrogens (tertiary/aromatic N) is 2. The van der Waals surface area contributed by atoms with Crippen LogP contribution in [-0.4, -0.2) is 71.3 Å². The van der Waals surface area contributed by atoms with Gasteiger partial charge in [0.25, 0.3) is 0 Å². The summed E-state index contributed by atoms with van der Waals surface area (Å²) in [4.78, 5) is 30.6. The van der Waals surface area contributed by atoms with Crippen LogP contribution < -0.4 is 0 Å². The lowest BCUT2D eigenvalue weighted by molar-refractivity contribution is -0.238. The molecule has 0 unspecified atom stereocenters. The SMILES string of the molecule is COC1(OC)[C@@]2(Cl)C(=O)C(=O)[C@]1(Cl)[C@@H]1C[C@H]3[C@@H](C[C@@H]12)[C@@]1(Cl)c2nc4cc5ccccc5cc4nc2[C@]3(Cl)C1(OC)OC. The molecule has 42 heavy (non-hydrogen) atoms. The molecule has 1 aromatic heterocycles. The van der Waals surface area contributed by atoms with Gasteiger partial charge in [-0.05, 0) is 59.4 Å². The average molecular weight is 652 g/mol. The van der Waals surface area contributed by atoms with Crippen molar-refractivity contribution in [1.29, 1.82) is 0 Å². The Hall–Kier alpha value is -1.62. The number of carbonyl (C=O) groups excluding carboxylic acids is 2. The molecule has 4 fully saturated rings. The standard InChI is InChI=1S/C30H26Cl4N2O6/c1-39-29(40-2)25(31)15-11-17-18(28(34)24(38)23(37)27(17,33)30(28,41-3)42-4)12-16(15)26(29,32)22-21(25)35-19-9-13-7-5-6-8-14(13)10-20(19)36-22/h5-10,15-18H,11-12H2,1-4H3/t15-,16+,17+,18-,25-,26+,27+,28-. The van der Waals surface area contributed by atoms with E-state index in [4.69, 9.17) is 75.3 Å². The highest BCUT2D eigenvalue weighted by Gasteiger charge is 2.93. The molecule has 8 rings (SSSR count). The number of ketones is 2. The number of hydrogen-bond donors (Lipinski definition) is 0. The minimum atomic E-state index is -1.87. The Bertz CT molecular complexity index is 1650. The molecule has 220 valence electrons. The van der Waals surface area contributed by atoms with Crippen LogP contribution in [0.25, 0.3) is 21.8 Å². The lowest BCUT2D eigenvalue weighted by atomic mass is 9.59. The van der Waals surface area contributed by atoms with Crippen LogP contribution in [0, 0.1) is 23.7 Å². The van der Waals surface area contributed by atoms with Gasteiger partial charge < -0.3 is 18.9 Å². The molecule has 0 N–H and O–H groups in total. The summed E-state index contributed by atoms with van der Waals surface area (Å²) in [6, 6.07) is 11.9. The maximum atomic E-state index is 13.5. The number of Topliss-reactive ketones (excluding diaryl/α,β-unsaturated/α-hetero) is 2. The van der Waals surface area contributed by atoms with E-state index in [1.165, 1.54) is 28.4 Å². The van der Waals surface area contributed by atoms with E-state index in [1.807, 2.05) is 36.4 Å². The van der Waals surface area contributed by atoms with Crippen molar-refractivity contribution in [2.45, 2.75) is 43.9 Å². The summed E-state index contributed by atoms with van der Waals surface area (Å²) in [6.45, 7) is 0. The molecule has 2 aromatic carbocycles. The predicted molar refractivity (Wildman–Crippen MR) is 156 cm³/mol. The zero-order valence-electron chi connectivity index (χ0n) is 23.0. The van der Waals surface area contributed by atoms with Gasteiger partial charge in [0.1, 0.15) is 9.75 Å². The minimum absolute atomic E-state index is 0.268. The predicted octanol–water partition coefficient (Wildman–Crippen LogP) is 5.04. The van der Waals surface area contributed by atoms with Crippen LogP contribution in [0.3, 0.4) is 0 Å². The molecule has 0 aliphatic heterocycles. The van der Waals surface area contributed by atoms with Crippen molar-refractivity contribution in [2.24, 2.45) is 23.7 Å². The Labute approximate surface area is 261 Å². The topological polar surface area (TPSA) is 96.8 Å². The zero-order chi connectivity index (χ0) is 29.8. The van der Waals surface area contributed by atoms with Gasteiger partial charge in [-0.15, -0.1) is 46.4 Å². The number of halogens is 4. The van der Waals surface area contributed by atoms with Gasteiger partial charge in [0.15, 0.2) is 9.75 Å². The summed E-state index contributed by atoms with van der Waals surface area (Å²) in [5.41, 5.74) is 2.23. The first-order chi connectivity index (χ1) is 19.9. The van der Waals surface area contributed by atoms with Gasteiger partial charge in [0.05, 0.1) is 22.4 Å². The molecule has 8 atom stereocenters. The quantitative estimate of drug-likeness (QED) is 0.168. The minimum Gasteiger partial charge on any atom is -0.349 e. The van der Waals surface area contributed by atoms with Crippen LogP contribution in [0.5, 0.6) is 0 Å². The zero-order valence-corrected chi connectivity index (χ0v) is 26.1. The maximum Gasteiger partial charge on any atom is 0.227 e. The largest absolute Gasteiger partial charge is 0.349 e. The highest BCUT2D eigenvalue weighted by atomic mass is 35.5. The van der Waals surface area contributed by atoms with E-state index in [-0.39, 0.29) is 12.8 Å². The van der Waals surface area contributed by atoms with Crippen molar-refractivity contribution in [3.8, 4) is 0 Å². The molecule has 5 aliphatic carbocycles. The number of methoxy groups -OCH3 is 4. The van der Waals surface area contributed by atoms with E-state index in [2.05, 4.69) is 0 Å². The van der Waals surface area contributed by atoms with E-state index in [0.29, 0.717) is 22.4 Å². The third kappa shape index (κ3) is 2.40. The van der Waals surface area contributed by atoms with Gasteiger partial charge in [-0.2, -0.15) is 0 Å². The fraction of sp³-hybridized carbons (Fsp3) is 0.533. The first-order valence-electron chi connectivity index (χ1n) is 13.7. The molecule has 1 heterocycles. The van der Waals surface area contributed by atoms with Gasteiger partial charge in [0.2, 0.25) is 23.1 Å². The fourth-order valence-electron chi connectivity index (χ4n) is 9.70. The molecule has 5 aliphatic rings. The van der Waals surface area contributed by atoms with Crippen molar-refractivity contribution in [1.82, 2.24) is 9.97 Å². The molecule has 12 heteroatoms. The summed E-state index contributed by atoms with van der Waals surface area (Å²) in [7, 11) is 5.69. The molecular formula is C30H26Cl4N2O6. The first kappa shape index (κ1) is 27.9. The number of fused-ring (bicyclic) bond motifs is 15. The number of hydrogen-bond acceptors (Lipinski definition) is 8. The normalized spacial score (nSPS) is 41.9. The van der Waals surface area contributed by atoms with Crippen molar-refractivity contribution in [3.05, 3.63) is 47.8 Å². The van der Waals surface area contributed by atoms with Gasteiger partial charge in [0, 0.05) is 28.4 Å². The van der Waals surface area contributed by atoms with Crippen molar-refractivity contribution in [2.75, 3.05) is 28.4 Å². The summed E-state index contributed by atoms with van der Waals surface area (Å²) in [5, 5.41) is 2.01. The van der Waals surface area contributed by atoms with Gasteiger partial charge >= 0.3 is 0 Å². The number of alkyl halides is 4. The second kappa shape index (κ2) is 8.15. The van der Waals surface area contributed by atoms with E-state index in [0.717, 1.165) is 10.8 Å². The third-order valence-electron chi connectivity index (χ3n) is 11.2. The van der Waals surface area contributed by atoms with Crippen molar-refractivity contribution < 1.29 is 28.5 Å². The van der Waals surface area contributed by atoms with Crippen LogP contribution in [0.2, 0.25) is 0 Å². The molecule has 0 radical (unpaired) electrons. The number of aromatic nitrogens is 2. The monoisotopic (exact) mass is 650 g/mol. The second-order valence-corrected chi connectivity index (χ2v) is 14.4. The number of rotatable bonds is 4. The van der Waals surface area contributed by atoms with Crippen LogP contribution in [0.1, 0.15) is 24.2 Å². The van der Waals surface area contributed by atoms with Gasteiger partial charge in [-0.1, -0.05) is 24.3 Å².